The van der Waals surface area contributed by atoms with Crippen LogP contribution in [0.1, 0.15) is 47.2 Å². The Balaban J connectivity index is 1.28. The van der Waals surface area contributed by atoms with E-state index < -0.39 is 5.41 Å². The molecule has 0 aromatic heterocycles. The maximum atomic E-state index is 2.52. The average Bonchev–Trinajstić information content (AvgIpc) is 3.71. The van der Waals surface area contributed by atoms with E-state index in [1.165, 1.54) is 83.2 Å². The van der Waals surface area contributed by atoms with E-state index in [1.807, 2.05) is 0 Å². The fourth-order valence-electron chi connectivity index (χ4n) is 10.2. The lowest BCUT2D eigenvalue weighted by atomic mass is 9.66. The van der Waals surface area contributed by atoms with E-state index in [9.17, 15) is 0 Å². The number of nitrogens with zero attached hydrogens (tertiary/aromatic N) is 1. The summed E-state index contributed by atoms with van der Waals surface area (Å²) >= 11 is 0. The van der Waals surface area contributed by atoms with Gasteiger partial charge in [-0.2, -0.15) is 0 Å². The summed E-state index contributed by atoms with van der Waals surface area (Å²) in [5.74, 6) is 0. The van der Waals surface area contributed by atoms with Gasteiger partial charge in [0, 0.05) is 22.4 Å². The lowest BCUT2D eigenvalue weighted by Crippen LogP contribution is -2.29. The van der Waals surface area contributed by atoms with Gasteiger partial charge in [-0.3, -0.25) is 0 Å². The van der Waals surface area contributed by atoms with Gasteiger partial charge in [0.25, 0.3) is 0 Å². The number of rotatable bonds is 6. The summed E-state index contributed by atoms with van der Waals surface area (Å²) in [5.41, 5.74) is 18.2. The van der Waals surface area contributed by atoms with E-state index in [0.717, 1.165) is 11.4 Å². The van der Waals surface area contributed by atoms with Crippen LogP contribution in [0.15, 0.2) is 212 Å². The zero-order valence-electron chi connectivity index (χ0n) is 32.2. The number of hydrogen-bond acceptors (Lipinski definition) is 1. The van der Waals surface area contributed by atoms with Crippen molar-refractivity contribution in [2.24, 2.45) is 0 Å². The molecule has 0 unspecified atom stereocenters. The van der Waals surface area contributed by atoms with Crippen LogP contribution in [0.2, 0.25) is 0 Å². The predicted molar refractivity (Wildman–Crippen MR) is 239 cm³/mol. The van der Waals surface area contributed by atoms with Crippen molar-refractivity contribution in [3.05, 3.63) is 246 Å². The first-order valence-electron chi connectivity index (χ1n) is 20.0. The van der Waals surface area contributed by atoms with Crippen molar-refractivity contribution >= 4 is 27.8 Å². The standard InChI is InChI=1S/C56H41N/c1-55(2)49-30-18-17-29-46(49)47-34-32-44(37-50(47)55)57(43-26-13-6-14-27-43)52-36-40-21-15-16-28-45(40)54-53(52)48-33-31-39(38-19-7-3-8-20-38)35-51(48)56(54,41-22-9-4-10-23-41)42-24-11-5-12-25-42/h3-37H,1-2H3. The van der Waals surface area contributed by atoms with Crippen molar-refractivity contribution in [3.8, 4) is 33.4 Å². The maximum Gasteiger partial charge on any atom is 0.0720 e. The summed E-state index contributed by atoms with van der Waals surface area (Å²) in [4.78, 5) is 2.52. The highest BCUT2D eigenvalue weighted by atomic mass is 15.1. The van der Waals surface area contributed by atoms with E-state index >= 15 is 0 Å². The summed E-state index contributed by atoms with van der Waals surface area (Å²) in [6.07, 6.45) is 0. The van der Waals surface area contributed by atoms with Crippen molar-refractivity contribution < 1.29 is 0 Å². The van der Waals surface area contributed by atoms with Crippen molar-refractivity contribution in [2.75, 3.05) is 4.90 Å². The van der Waals surface area contributed by atoms with Gasteiger partial charge >= 0.3 is 0 Å². The largest absolute Gasteiger partial charge is 0.310 e. The number of benzene rings is 9. The second kappa shape index (κ2) is 12.8. The molecule has 2 aliphatic carbocycles. The van der Waals surface area contributed by atoms with Gasteiger partial charge in [-0.05, 0) is 108 Å². The molecular weight excluding hydrogens is 687 g/mol. The highest BCUT2D eigenvalue weighted by Crippen LogP contribution is 2.62. The van der Waals surface area contributed by atoms with E-state index in [1.54, 1.807) is 0 Å². The third-order valence-corrected chi connectivity index (χ3v) is 12.7. The molecule has 11 rings (SSSR count). The second-order valence-electron chi connectivity index (χ2n) is 16.0. The highest BCUT2D eigenvalue weighted by molar-refractivity contribution is 6.08. The molecule has 0 heterocycles. The van der Waals surface area contributed by atoms with E-state index in [4.69, 9.17) is 0 Å². The summed E-state index contributed by atoms with van der Waals surface area (Å²) in [5, 5.41) is 2.48. The van der Waals surface area contributed by atoms with Crippen LogP contribution in [0.3, 0.4) is 0 Å². The molecule has 0 saturated carbocycles. The Morgan fingerprint density at radius 1 is 0.386 bits per heavy atom. The van der Waals surface area contributed by atoms with Gasteiger partial charge in [-0.15, -0.1) is 0 Å². The van der Waals surface area contributed by atoms with Crippen molar-refractivity contribution in [3.63, 3.8) is 0 Å². The first-order valence-corrected chi connectivity index (χ1v) is 20.0. The minimum atomic E-state index is -0.600. The van der Waals surface area contributed by atoms with Gasteiger partial charge in [0.05, 0.1) is 11.1 Å². The minimum absolute atomic E-state index is 0.133. The molecule has 0 radical (unpaired) electrons. The normalized spacial score (nSPS) is 14.1. The Kier molecular flexibility index (Phi) is 7.50. The molecular formula is C56H41N. The second-order valence-corrected chi connectivity index (χ2v) is 16.0. The molecule has 9 aromatic carbocycles. The van der Waals surface area contributed by atoms with Crippen LogP contribution in [-0.2, 0) is 10.8 Å². The number of hydrogen-bond donors (Lipinski definition) is 0. The Bertz CT molecular complexity index is 2920. The molecule has 1 nitrogen and oxygen atoms in total. The van der Waals surface area contributed by atoms with Gasteiger partial charge in [0.2, 0.25) is 0 Å². The third-order valence-electron chi connectivity index (χ3n) is 12.7. The molecule has 2 aliphatic rings. The number of fused-ring (bicyclic) bond motifs is 8. The van der Waals surface area contributed by atoms with Crippen LogP contribution in [0.5, 0.6) is 0 Å². The zero-order chi connectivity index (χ0) is 38.1. The predicted octanol–water partition coefficient (Wildman–Crippen LogP) is 14.6. The van der Waals surface area contributed by atoms with Crippen molar-refractivity contribution in [1.82, 2.24) is 0 Å². The van der Waals surface area contributed by atoms with Gasteiger partial charge < -0.3 is 4.90 Å². The van der Waals surface area contributed by atoms with Crippen molar-refractivity contribution in [2.45, 2.75) is 24.7 Å². The number of anilines is 3. The zero-order valence-corrected chi connectivity index (χ0v) is 32.2. The van der Waals surface area contributed by atoms with Crippen LogP contribution in [0.25, 0.3) is 44.2 Å². The SMILES string of the molecule is CC1(C)c2ccccc2-c2ccc(N(c3ccccc3)c3cc4ccccc4c4c3-c3ccc(-c5ccccc5)cc3C4(c3ccccc3)c3ccccc3)cc21. The van der Waals surface area contributed by atoms with Crippen molar-refractivity contribution in [1.29, 1.82) is 0 Å². The Morgan fingerprint density at radius 3 is 1.68 bits per heavy atom. The van der Waals surface area contributed by atoms with E-state index in [0.29, 0.717) is 0 Å². The highest BCUT2D eigenvalue weighted by Gasteiger charge is 2.49. The van der Waals surface area contributed by atoms with Gasteiger partial charge in [0.1, 0.15) is 0 Å². The molecule has 0 amide bonds. The van der Waals surface area contributed by atoms with Gasteiger partial charge in [-0.1, -0.05) is 190 Å². The lowest BCUT2D eigenvalue weighted by Gasteiger charge is -2.36. The summed E-state index contributed by atoms with van der Waals surface area (Å²) in [7, 11) is 0. The summed E-state index contributed by atoms with van der Waals surface area (Å²) in [6, 6.07) is 78.9. The topological polar surface area (TPSA) is 3.24 Å². The van der Waals surface area contributed by atoms with E-state index in [-0.39, 0.29) is 5.41 Å². The first-order chi connectivity index (χ1) is 28.0. The lowest BCUT2D eigenvalue weighted by molar-refractivity contribution is 0.660. The summed E-state index contributed by atoms with van der Waals surface area (Å²) in [6.45, 7) is 4.74. The maximum absolute atomic E-state index is 2.52. The van der Waals surface area contributed by atoms with Crippen LogP contribution in [0, 0.1) is 0 Å². The fourth-order valence-corrected chi connectivity index (χ4v) is 10.2. The Hall–Kier alpha value is -6.96. The third kappa shape index (κ3) is 4.89. The quantitative estimate of drug-likeness (QED) is 0.165. The van der Waals surface area contributed by atoms with Gasteiger partial charge in [0.15, 0.2) is 0 Å². The van der Waals surface area contributed by atoms with E-state index in [2.05, 4.69) is 231 Å². The molecule has 9 aromatic rings. The molecule has 0 aliphatic heterocycles. The van der Waals surface area contributed by atoms with Crippen LogP contribution in [0.4, 0.5) is 17.1 Å². The average molecular weight is 728 g/mol. The molecule has 0 bridgehead atoms. The molecule has 1 heteroatoms. The fraction of sp³-hybridized carbons (Fsp3) is 0.0714. The monoisotopic (exact) mass is 727 g/mol. The Morgan fingerprint density at radius 2 is 0.965 bits per heavy atom. The van der Waals surface area contributed by atoms with Crippen LogP contribution < -0.4 is 4.90 Å². The minimum Gasteiger partial charge on any atom is -0.310 e. The molecule has 0 atom stereocenters. The molecule has 0 saturated heterocycles. The first kappa shape index (κ1) is 33.4. The number of para-hydroxylation sites is 1. The molecule has 57 heavy (non-hydrogen) atoms. The molecule has 270 valence electrons. The van der Waals surface area contributed by atoms with Crippen LogP contribution >= 0.6 is 0 Å². The molecule has 0 fully saturated rings. The summed E-state index contributed by atoms with van der Waals surface area (Å²) < 4.78 is 0. The Labute approximate surface area is 335 Å². The molecule has 0 N–H and O–H groups in total. The molecule has 0 spiro atoms. The smallest absolute Gasteiger partial charge is 0.0720 e. The van der Waals surface area contributed by atoms with Gasteiger partial charge in [-0.25, -0.2) is 0 Å². The van der Waals surface area contributed by atoms with Crippen LogP contribution in [-0.4, -0.2) is 0 Å².